The Hall–Kier alpha value is -2.41. The first kappa shape index (κ1) is 13.6. The van der Waals surface area contributed by atoms with Gasteiger partial charge in [0.15, 0.2) is 5.69 Å². The standard InChI is InChI=1S/C14H13N3O3S/c1-10-11(4-5-19-10)9-20-14(18)13-8-17(16-15-13)7-12-3-2-6-21-12/h2-6,8H,7,9H2,1H3. The highest BCUT2D eigenvalue weighted by molar-refractivity contribution is 7.09. The van der Waals surface area contributed by atoms with Crippen LogP contribution in [0.15, 0.2) is 40.5 Å². The molecule has 0 amide bonds. The second-order valence-corrected chi connectivity index (χ2v) is 5.49. The summed E-state index contributed by atoms with van der Waals surface area (Å²) >= 11 is 1.63. The van der Waals surface area contributed by atoms with Crippen molar-refractivity contribution in [3.05, 3.63) is 57.9 Å². The summed E-state index contributed by atoms with van der Waals surface area (Å²) in [5.74, 6) is 0.247. The first-order valence-corrected chi connectivity index (χ1v) is 7.23. The number of aromatic nitrogens is 3. The number of carbonyl (C=O) groups is 1. The molecular formula is C14H13N3O3S. The molecule has 21 heavy (non-hydrogen) atoms. The number of furan rings is 1. The van der Waals surface area contributed by atoms with Gasteiger partial charge >= 0.3 is 5.97 Å². The molecule has 6 nitrogen and oxygen atoms in total. The second-order valence-electron chi connectivity index (χ2n) is 4.46. The number of hydrogen-bond donors (Lipinski definition) is 0. The minimum absolute atomic E-state index is 0.166. The molecule has 0 aliphatic rings. The molecule has 3 heterocycles. The van der Waals surface area contributed by atoms with Crippen molar-refractivity contribution >= 4 is 17.3 Å². The number of thiophene rings is 1. The first-order chi connectivity index (χ1) is 10.2. The van der Waals surface area contributed by atoms with Gasteiger partial charge in [-0.3, -0.25) is 0 Å². The lowest BCUT2D eigenvalue weighted by molar-refractivity contribution is 0.0464. The molecule has 3 aromatic heterocycles. The fourth-order valence-corrected chi connectivity index (χ4v) is 2.51. The molecule has 0 fully saturated rings. The van der Waals surface area contributed by atoms with Crippen LogP contribution in [0.5, 0.6) is 0 Å². The average molecular weight is 303 g/mol. The van der Waals surface area contributed by atoms with Crippen molar-refractivity contribution in [3.63, 3.8) is 0 Å². The first-order valence-electron chi connectivity index (χ1n) is 6.35. The maximum absolute atomic E-state index is 11.9. The van der Waals surface area contributed by atoms with Gasteiger partial charge in [-0.25, -0.2) is 9.48 Å². The van der Waals surface area contributed by atoms with Crippen LogP contribution >= 0.6 is 11.3 Å². The van der Waals surface area contributed by atoms with E-state index in [2.05, 4.69) is 10.3 Å². The SMILES string of the molecule is Cc1occc1COC(=O)c1cn(Cc2cccs2)nn1. The van der Waals surface area contributed by atoms with Crippen LogP contribution in [-0.4, -0.2) is 21.0 Å². The van der Waals surface area contributed by atoms with Gasteiger partial charge in [0.05, 0.1) is 19.0 Å². The molecular weight excluding hydrogens is 290 g/mol. The molecule has 0 saturated carbocycles. The molecule has 0 atom stereocenters. The van der Waals surface area contributed by atoms with Gasteiger partial charge in [0, 0.05) is 10.4 Å². The van der Waals surface area contributed by atoms with Crippen LogP contribution in [-0.2, 0) is 17.9 Å². The second kappa shape index (κ2) is 5.92. The minimum Gasteiger partial charge on any atom is -0.469 e. The highest BCUT2D eigenvalue weighted by atomic mass is 32.1. The van der Waals surface area contributed by atoms with Gasteiger partial charge in [-0.05, 0) is 24.4 Å². The van der Waals surface area contributed by atoms with E-state index in [9.17, 15) is 4.79 Å². The number of aryl methyl sites for hydroxylation is 1. The molecule has 0 unspecified atom stereocenters. The van der Waals surface area contributed by atoms with E-state index in [1.54, 1.807) is 34.5 Å². The minimum atomic E-state index is -0.493. The molecule has 0 spiro atoms. The van der Waals surface area contributed by atoms with Crippen LogP contribution in [0, 0.1) is 6.92 Å². The molecule has 3 aromatic rings. The number of nitrogens with zero attached hydrogens (tertiary/aromatic N) is 3. The van der Waals surface area contributed by atoms with Crippen molar-refractivity contribution < 1.29 is 13.9 Å². The normalized spacial score (nSPS) is 10.7. The van der Waals surface area contributed by atoms with E-state index < -0.39 is 5.97 Å². The summed E-state index contributed by atoms with van der Waals surface area (Å²) in [6, 6.07) is 5.75. The van der Waals surface area contributed by atoms with E-state index in [1.165, 1.54) is 0 Å². The largest absolute Gasteiger partial charge is 0.469 e. The van der Waals surface area contributed by atoms with Gasteiger partial charge in [0.1, 0.15) is 12.4 Å². The van der Waals surface area contributed by atoms with Crippen molar-refractivity contribution in [2.45, 2.75) is 20.1 Å². The van der Waals surface area contributed by atoms with E-state index in [-0.39, 0.29) is 12.3 Å². The molecule has 0 saturated heterocycles. The third-order valence-corrected chi connectivity index (χ3v) is 3.83. The third-order valence-electron chi connectivity index (χ3n) is 2.97. The number of hydrogen-bond acceptors (Lipinski definition) is 6. The number of ether oxygens (including phenoxy) is 1. The van der Waals surface area contributed by atoms with Crippen molar-refractivity contribution in [2.24, 2.45) is 0 Å². The lowest BCUT2D eigenvalue weighted by Crippen LogP contribution is -2.06. The van der Waals surface area contributed by atoms with Crippen LogP contribution in [0.3, 0.4) is 0 Å². The highest BCUT2D eigenvalue weighted by Crippen LogP contribution is 2.12. The Balaban J connectivity index is 1.60. The Bertz CT molecular complexity index is 730. The zero-order valence-electron chi connectivity index (χ0n) is 11.4. The van der Waals surface area contributed by atoms with Crippen molar-refractivity contribution in [1.82, 2.24) is 15.0 Å². The maximum atomic E-state index is 11.9. The van der Waals surface area contributed by atoms with E-state index in [1.807, 2.05) is 24.4 Å². The van der Waals surface area contributed by atoms with Crippen LogP contribution in [0.25, 0.3) is 0 Å². The van der Waals surface area contributed by atoms with Crippen molar-refractivity contribution in [2.75, 3.05) is 0 Å². The van der Waals surface area contributed by atoms with Gasteiger partial charge in [-0.1, -0.05) is 11.3 Å². The molecule has 7 heteroatoms. The molecule has 3 rings (SSSR count). The smallest absolute Gasteiger partial charge is 0.360 e. The molecule has 0 aromatic carbocycles. The summed E-state index contributed by atoms with van der Waals surface area (Å²) in [7, 11) is 0. The third kappa shape index (κ3) is 3.19. The van der Waals surface area contributed by atoms with E-state index in [0.29, 0.717) is 6.54 Å². The topological polar surface area (TPSA) is 70.2 Å². The predicted octanol–water partition coefficient (Wildman–Crippen LogP) is 2.65. The maximum Gasteiger partial charge on any atom is 0.360 e. The predicted molar refractivity (Wildman–Crippen MR) is 76.0 cm³/mol. The Morgan fingerprint density at radius 1 is 1.48 bits per heavy atom. The summed E-state index contributed by atoms with van der Waals surface area (Å²) in [6.45, 7) is 2.58. The molecule has 0 bridgehead atoms. The number of rotatable bonds is 5. The lowest BCUT2D eigenvalue weighted by atomic mass is 10.3. The van der Waals surface area contributed by atoms with Gasteiger partial charge in [0.2, 0.25) is 0 Å². The monoisotopic (exact) mass is 303 g/mol. The highest BCUT2D eigenvalue weighted by Gasteiger charge is 2.14. The summed E-state index contributed by atoms with van der Waals surface area (Å²) in [5.41, 5.74) is 1.04. The lowest BCUT2D eigenvalue weighted by Gasteiger charge is -2.00. The van der Waals surface area contributed by atoms with E-state index >= 15 is 0 Å². The van der Waals surface area contributed by atoms with E-state index in [4.69, 9.17) is 9.15 Å². The fraction of sp³-hybridized carbons (Fsp3) is 0.214. The fourth-order valence-electron chi connectivity index (χ4n) is 1.81. The Morgan fingerprint density at radius 3 is 3.10 bits per heavy atom. The average Bonchev–Trinajstić information content (AvgIpc) is 3.19. The molecule has 0 radical (unpaired) electrons. The summed E-state index contributed by atoms with van der Waals surface area (Å²) in [6.07, 6.45) is 3.15. The van der Waals surface area contributed by atoms with Gasteiger partial charge in [-0.15, -0.1) is 16.4 Å². The number of esters is 1. The molecule has 0 N–H and O–H groups in total. The van der Waals surface area contributed by atoms with Gasteiger partial charge in [0.25, 0.3) is 0 Å². The van der Waals surface area contributed by atoms with Crippen LogP contribution < -0.4 is 0 Å². The Kier molecular flexibility index (Phi) is 3.83. The quantitative estimate of drug-likeness (QED) is 0.678. The molecule has 0 aliphatic heterocycles. The van der Waals surface area contributed by atoms with Gasteiger partial charge < -0.3 is 9.15 Å². The molecule has 0 aliphatic carbocycles. The van der Waals surface area contributed by atoms with Crippen LogP contribution in [0.4, 0.5) is 0 Å². The van der Waals surface area contributed by atoms with E-state index in [0.717, 1.165) is 16.2 Å². The summed E-state index contributed by atoms with van der Waals surface area (Å²) in [5, 5.41) is 9.76. The molecule has 108 valence electrons. The van der Waals surface area contributed by atoms with Crippen LogP contribution in [0.1, 0.15) is 26.7 Å². The Labute approximate surface area is 125 Å². The summed E-state index contributed by atoms with van der Waals surface area (Å²) in [4.78, 5) is 13.0. The Morgan fingerprint density at radius 2 is 2.38 bits per heavy atom. The number of carbonyl (C=O) groups excluding carboxylic acids is 1. The summed E-state index contributed by atoms with van der Waals surface area (Å²) < 4.78 is 11.9. The van der Waals surface area contributed by atoms with Crippen molar-refractivity contribution in [1.29, 1.82) is 0 Å². The van der Waals surface area contributed by atoms with Gasteiger partial charge in [-0.2, -0.15) is 0 Å². The van der Waals surface area contributed by atoms with Crippen LogP contribution in [0.2, 0.25) is 0 Å². The zero-order chi connectivity index (χ0) is 14.7. The van der Waals surface area contributed by atoms with Crippen molar-refractivity contribution in [3.8, 4) is 0 Å². The zero-order valence-corrected chi connectivity index (χ0v) is 12.2.